The third kappa shape index (κ3) is 3.51. The Bertz CT molecular complexity index is 1800. The first-order chi connectivity index (χ1) is 17.9. The summed E-state index contributed by atoms with van der Waals surface area (Å²) in [5.74, 6) is 0.997. The number of hydrogen-bond donors (Lipinski definition) is 1. The van der Waals surface area contributed by atoms with E-state index in [1.807, 2.05) is 55.6 Å². The third-order valence-electron chi connectivity index (χ3n) is 7.21. The van der Waals surface area contributed by atoms with Crippen molar-refractivity contribution in [2.24, 2.45) is 19.8 Å². The molecule has 3 heterocycles. The lowest BCUT2D eigenvalue weighted by molar-refractivity contribution is 0.320. The van der Waals surface area contributed by atoms with Gasteiger partial charge in [-0.05, 0) is 52.1 Å². The maximum atomic E-state index is 12.9. The van der Waals surface area contributed by atoms with E-state index in [0.29, 0.717) is 35.7 Å². The van der Waals surface area contributed by atoms with Gasteiger partial charge in [0.05, 0.1) is 17.7 Å². The molecule has 5 aromatic rings. The first kappa shape index (κ1) is 22.7. The van der Waals surface area contributed by atoms with Crippen molar-refractivity contribution < 1.29 is 4.74 Å². The van der Waals surface area contributed by atoms with Crippen molar-refractivity contribution in [3.05, 3.63) is 111 Å². The number of nitrogens with two attached hydrogens (primary N) is 1. The maximum Gasteiger partial charge on any atom is 0.251 e. The summed E-state index contributed by atoms with van der Waals surface area (Å²) in [4.78, 5) is 12.9. The highest BCUT2D eigenvalue weighted by molar-refractivity contribution is 5.95. The van der Waals surface area contributed by atoms with Crippen LogP contribution in [0.5, 0.6) is 5.75 Å². The zero-order valence-corrected chi connectivity index (χ0v) is 20.5. The fourth-order valence-corrected chi connectivity index (χ4v) is 5.16. The Morgan fingerprint density at radius 2 is 1.86 bits per heavy atom. The summed E-state index contributed by atoms with van der Waals surface area (Å²) in [6, 6.07) is 23.2. The predicted molar refractivity (Wildman–Crippen MR) is 140 cm³/mol. The smallest absolute Gasteiger partial charge is 0.251 e. The van der Waals surface area contributed by atoms with Crippen LogP contribution in [-0.2, 0) is 26.1 Å². The standard InChI is InChI=1S/C29H24N6O2/c1-34-17-32-33-28(34)29(31)21-8-9-25-24(13-21)23(15-27(36)35(25)2)19-5-3-4-18(12-19)10-11-37-26-14-22(29)7-6-20(26)16-30/h3-9,12-15,17H,10-11,31H2,1-2H3/t29-/m1/s1. The molecule has 0 radical (unpaired) electrons. The molecule has 182 valence electrons. The van der Waals surface area contributed by atoms with Crippen LogP contribution >= 0.6 is 0 Å². The zero-order valence-electron chi connectivity index (χ0n) is 20.5. The largest absolute Gasteiger partial charge is 0.492 e. The fourth-order valence-electron chi connectivity index (χ4n) is 5.16. The maximum absolute atomic E-state index is 12.9. The Morgan fingerprint density at radius 1 is 1.05 bits per heavy atom. The second-order valence-corrected chi connectivity index (χ2v) is 9.38. The second-order valence-electron chi connectivity index (χ2n) is 9.38. The topological polar surface area (TPSA) is 112 Å². The number of hydrogen-bond acceptors (Lipinski definition) is 6. The third-order valence-corrected chi connectivity index (χ3v) is 7.21. The summed E-state index contributed by atoms with van der Waals surface area (Å²) in [6.45, 7) is 0.375. The molecule has 37 heavy (non-hydrogen) atoms. The number of aromatic nitrogens is 4. The molecule has 0 spiro atoms. The summed E-state index contributed by atoms with van der Waals surface area (Å²) in [5.41, 5.74) is 11.5. The molecule has 0 unspecified atom stereocenters. The van der Waals surface area contributed by atoms with Crippen LogP contribution in [0.15, 0.2) is 77.9 Å². The van der Waals surface area contributed by atoms with Gasteiger partial charge in [-0.25, -0.2) is 0 Å². The molecule has 1 aliphatic rings. The van der Waals surface area contributed by atoms with Crippen LogP contribution in [0.2, 0.25) is 0 Å². The normalized spacial score (nSPS) is 16.7. The van der Waals surface area contributed by atoms with Crippen LogP contribution in [-0.4, -0.2) is 25.9 Å². The SMILES string of the molecule is Cn1cnnc1[C@]1(N)c2ccc(C#N)c(c2)OCCc2cccc(c2)-c2cc(=O)n(C)c3ccc1cc23. The van der Waals surface area contributed by atoms with Gasteiger partial charge >= 0.3 is 0 Å². The van der Waals surface area contributed by atoms with Crippen molar-refractivity contribution in [3.8, 4) is 22.9 Å². The van der Waals surface area contributed by atoms with Crippen molar-refractivity contribution in [2.45, 2.75) is 12.0 Å². The molecule has 6 rings (SSSR count). The van der Waals surface area contributed by atoms with Gasteiger partial charge in [-0.1, -0.05) is 36.4 Å². The minimum Gasteiger partial charge on any atom is -0.492 e. The van der Waals surface area contributed by atoms with Gasteiger partial charge < -0.3 is 19.6 Å². The van der Waals surface area contributed by atoms with Crippen molar-refractivity contribution in [1.82, 2.24) is 19.3 Å². The predicted octanol–water partition coefficient (Wildman–Crippen LogP) is 3.39. The summed E-state index contributed by atoms with van der Waals surface area (Å²) >= 11 is 0. The van der Waals surface area contributed by atoms with Gasteiger partial charge in [0, 0.05) is 32.0 Å². The second kappa shape index (κ2) is 8.43. The molecular formula is C29H24N6O2. The Kier molecular flexibility index (Phi) is 5.18. The van der Waals surface area contributed by atoms with E-state index >= 15 is 0 Å². The van der Waals surface area contributed by atoms with Gasteiger partial charge in [0.1, 0.15) is 23.7 Å². The van der Waals surface area contributed by atoms with Crippen LogP contribution < -0.4 is 16.0 Å². The van der Waals surface area contributed by atoms with Crippen LogP contribution in [0.4, 0.5) is 0 Å². The summed E-state index contributed by atoms with van der Waals surface area (Å²) in [5, 5.41) is 19.1. The van der Waals surface area contributed by atoms with Crippen molar-refractivity contribution in [1.29, 1.82) is 5.26 Å². The molecule has 0 aliphatic carbocycles. The molecule has 2 aromatic heterocycles. The molecule has 1 aliphatic heterocycles. The van der Waals surface area contributed by atoms with Crippen molar-refractivity contribution >= 4 is 10.9 Å². The minimum atomic E-state index is -1.22. The van der Waals surface area contributed by atoms with E-state index in [0.717, 1.165) is 33.2 Å². The number of fused-ring (bicyclic) bond motifs is 6. The summed E-state index contributed by atoms with van der Waals surface area (Å²) < 4.78 is 9.56. The van der Waals surface area contributed by atoms with Gasteiger partial charge in [-0.2, -0.15) is 5.26 Å². The first-order valence-electron chi connectivity index (χ1n) is 11.9. The van der Waals surface area contributed by atoms with Gasteiger partial charge in [-0.15, -0.1) is 10.2 Å². The van der Waals surface area contributed by atoms with Gasteiger partial charge in [0.15, 0.2) is 5.82 Å². The van der Waals surface area contributed by atoms with Crippen molar-refractivity contribution in [3.63, 3.8) is 0 Å². The van der Waals surface area contributed by atoms with E-state index in [4.69, 9.17) is 10.5 Å². The Hall–Kier alpha value is -4.74. The summed E-state index contributed by atoms with van der Waals surface area (Å²) in [6.07, 6.45) is 2.24. The van der Waals surface area contributed by atoms with Gasteiger partial charge in [0.25, 0.3) is 5.56 Å². The first-order valence-corrected chi connectivity index (χ1v) is 11.9. The van der Waals surface area contributed by atoms with Crippen LogP contribution in [0.25, 0.3) is 22.0 Å². The molecule has 8 heteroatoms. The number of nitrogens with zero attached hydrogens (tertiary/aromatic N) is 5. The van der Waals surface area contributed by atoms with E-state index in [-0.39, 0.29) is 5.56 Å². The van der Waals surface area contributed by atoms with Crippen LogP contribution in [0.1, 0.15) is 28.1 Å². The quantitative estimate of drug-likeness (QED) is 0.387. The lowest BCUT2D eigenvalue weighted by atomic mass is 9.81. The highest BCUT2D eigenvalue weighted by Crippen LogP contribution is 2.38. The number of aryl methyl sites for hydroxylation is 2. The van der Waals surface area contributed by atoms with E-state index < -0.39 is 5.54 Å². The van der Waals surface area contributed by atoms with E-state index in [9.17, 15) is 10.1 Å². The minimum absolute atomic E-state index is 0.0888. The molecule has 0 saturated heterocycles. The lowest BCUT2D eigenvalue weighted by Crippen LogP contribution is -2.41. The number of pyridine rings is 1. The molecule has 3 aromatic carbocycles. The number of nitriles is 1. The Labute approximate surface area is 213 Å². The molecule has 0 amide bonds. The average molecular weight is 489 g/mol. The number of rotatable bonds is 1. The molecule has 0 saturated carbocycles. The molecule has 6 bridgehead atoms. The zero-order chi connectivity index (χ0) is 25.7. The average Bonchev–Trinajstić information content (AvgIpc) is 3.36. The molecular weight excluding hydrogens is 464 g/mol. The van der Waals surface area contributed by atoms with Gasteiger partial charge in [0.2, 0.25) is 0 Å². The molecule has 8 nitrogen and oxygen atoms in total. The highest BCUT2D eigenvalue weighted by Gasteiger charge is 2.37. The van der Waals surface area contributed by atoms with Crippen LogP contribution in [0, 0.1) is 11.3 Å². The van der Waals surface area contributed by atoms with E-state index in [1.54, 1.807) is 34.6 Å². The number of ether oxygens (including phenoxy) is 1. The van der Waals surface area contributed by atoms with E-state index in [1.165, 1.54) is 0 Å². The monoisotopic (exact) mass is 488 g/mol. The van der Waals surface area contributed by atoms with E-state index in [2.05, 4.69) is 22.3 Å². The lowest BCUT2D eigenvalue weighted by Gasteiger charge is -2.31. The fraction of sp³-hybridized carbons (Fsp3) is 0.172. The molecule has 1 atom stereocenters. The molecule has 2 N–H and O–H groups in total. The van der Waals surface area contributed by atoms with Crippen molar-refractivity contribution in [2.75, 3.05) is 6.61 Å². The Balaban J connectivity index is 1.75. The molecule has 0 fully saturated rings. The van der Waals surface area contributed by atoms with Gasteiger partial charge in [-0.3, -0.25) is 4.79 Å². The number of benzene rings is 3. The Morgan fingerprint density at radius 3 is 2.65 bits per heavy atom. The summed E-state index contributed by atoms with van der Waals surface area (Å²) in [7, 11) is 3.61. The van der Waals surface area contributed by atoms with Crippen LogP contribution in [0.3, 0.4) is 0 Å². The highest BCUT2D eigenvalue weighted by atomic mass is 16.5.